The lowest BCUT2D eigenvalue weighted by atomic mass is 9.98. The summed E-state index contributed by atoms with van der Waals surface area (Å²) in [6.07, 6.45) is -4.68. The normalized spacial score (nSPS) is 18.1. The molecule has 0 aliphatic carbocycles. The van der Waals surface area contributed by atoms with E-state index in [1.165, 1.54) is 0 Å². The van der Waals surface area contributed by atoms with Crippen LogP contribution in [0.25, 0.3) is 0 Å². The zero-order valence-electron chi connectivity index (χ0n) is 12.1. The number of aryl methyl sites for hydroxylation is 1. The lowest BCUT2D eigenvalue weighted by Crippen LogP contribution is -2.45. The smallest absolute Gasteiger partial charge is 0.314 e. The second kappa shape index (κ2) is 8.01. The molecule has 0 radical (unpaired) electrons. The summed E-state index contributed by atoms with van der Waals surface area (Å²) in [5, 5.41) is 3.24. The monoisotopic (exact) mass is 322 g/mol. The lowest BCUT2D eigenvalue weighted by Gasteiger charge is -2.35. The fraction of sp³-hybridized carbons (Fsp3) is 0.600. The molecule has 2 nitrogen and oxygen atoms in total. The molecule has 0 unspecified atom stereocenters. The van der Waals surface area contributed by atoms with Crippen LogP contribution in [0, 0.1) is 6.92 Å². The van der Waals surface area contributed by atoms with Crippen molar-refractivity contribution in [3.8, 4) is 0 Å². The van der Waals surface area contributed by atoms with Gasteiger partial charge in [0.1, 0.15) is 0 Å². The molecular weight excluding hydrogens is 301 g/mol. The Morgan fingerprint density at radius 1 is 1.24 bits per heavy atom. The Morgan fingerprint density at radius 2 is 1.90 bits per heavy atom. The molecule has 0 spiro atoms. The van der Waals surface area contributed by atoms with E-state index < -0.39 is 12.6 Å². The predicted octanol–water partition coefficient (Wildman–Crippen LogP) is 3.71. The van der Waals surface area contributed by atoms with Crippen molar-refractivity contribution < 1.29 is 13.2 Å². The fourth-order valence-corrected chi connectivity index (χ4v) is 2.73. The molecule has 21 heavy (non-hydrogen) atoms. The molecule has 1 N–H and O–H groups in total. The SMILES string of the molecule is Cc1cccc([C@H](CCC(F)(F)F)N2CCNCC2)c1.Cl. The van der Waals surface area contributed by atoms with Crippen LogP contribution in [0.1, 0.15) is 30.0 Å². The molecule has 0 bridgehead atoms. The molecule has 1 fully saturated rings. The highest BCUT2D eigenvalue weighted by molar-refractivity contribution is 5.85. The van der Waals surface area contributed by atoms with Gasteiger partial charge in [0.15, 0.2) is 0 Å². The highest BCUT2D eigenvalue weighted by Crippen LogP contribution is 2.31. The maximum Gasteiger partial charge on any atom is 0.389 e. The molecule has 0 amide bonds. The van der Waals surface area contributed by atoms with Crippen LogP contribution in [0.4, 0.5) is 13.2 Å². The molecule has 1 saturated heterocycles. The van der Waals surface area contributed by atoms with Crippen molar-refractivity contribution in [1.82, 2.24) is 10.2 Å². The van der Waals surface area contributed by atoms with Gasteiger partial charge in [-0.25, -0.2) is 0 Å². The first kappa shape index (κ1) is 18.3. The molecule has 1 aromatic carbocycles. The summed E-state index contributed by atoms with van der Waals surface area (Å²) in [4.78, 5) is 2.16. The quantitative estimate of drug-likeness (QED) is 0.909. The molecule has 120 valence electrons. The summed E-state index contributed by atoms with van der Waals surface area (Å²) in [6, 6.07) is 7.70. The van der Waals surface area contributed by atoms with E-state index in [9.17, 15) is 13.2 Å². The molecule has 1 aliphatic rings. The van der Waals surface area contributed by atoms with Gasteiger partial charge in [-0.3, -0.25) is 4.90 Å². The zero-order chi connectivity index (χ0) is 14.6. The first-order valence-electron chi connectivity index (χ1n) is 7.04. The third-order valence-electron chi connectivity index (χ3n) is 3.72. The van der Waals surface area contributed by atoms with Crippen molar-refractivity contribution >= 4 is 12.4 Å². The Balaban J connectivity index is 0.00000220. The second-order valence-electron chi connectivity index (χ2n) is 5.37. The van der Waals surface area contributed by atoms with Gasteiger partial charge in [0.2, 0.25) is 0 Å². The third kappa shape index (κ3) is 5.85. The van der Waals surface area contributed by atoms with E-state index in [0.717, 1.165) is 37.3 Å². The van der Waals surface area contributed by atoms with Crippen LogP contribution in [0.15, 0.2) is 24.3 Å². The van der Waals surface area contributed by atoms with Crippen LogP contribution in [-0.4, -0.2) is 37.3 Å². The summed E-state index contributed by atoms with van der Waals surface area (Å²) < 4.78 is 37.6. The molecule has 0 saturated carbocycles. The molecule has 1 aliphatic heterocycles. The summed E-state index contributed by atoms with van der Waals surface area (Å²) in [5.74, 6) is 0. The van der Waals surface area contributed by atoms with Gasteiger partial charge in [0.25, 0.3) is 0 Å². The Morgan fingerprint density at radius 3 is 2.48 bits per heavy atom. The van der Waals surface area contributed by atoms with Crippen LogP contribution in [0.3, 0.4) is 0 Å². The average Bonchev–Trinajstić information content (AvgIpc) is 2.39. The molecular formula is C15H22ClF3N2. The second-order valence-corrected chi connectivity index (χ2v) is 5.37. The highest BCUT2D eigenvalue weighted by atomic mass is 35.5. The number of hydrogen-bond donors (Lipinski definition) is 1. The van der Waals surface area contributed by atoms with Crippen LogP contribution in [0.5, 0.6) is 0 Å². The van der Waals surface area contributed by atoms with E-state index >= 15 is 0 Å². The van der Waals surface area contributed by atoms with E-state index in [-0.39, 0.29) is 24.9 Å². The third-order valence-corrected chi connectivity index (χ3v) is 3.72. The Labute approximate surface area is 130 Å². The van der Waals surface area contributed by atoms with Gasteiger partial charge >= 0.3 is 6.18 Å². The summed E-state index contributed by atoms with van der Waals surface area (Å²) >= 11 is 0. The zero-order valence-corrected chi connectivity index (χ0v) is 12.9. The Hall–Kier alpha value is -0.780. The van der Waals surface area contributed by atoms with Gasteiger partial charge in [-0.2, -0.15) is 13.2 Å². The van der Waals surface area contributed by atoms with Crippen molar-refractivity contribution in [3.05, 3.63) is 35.4 Å². The maximum absolute atomic E-state index is 12.5. The van der Waals surface area contributed by atoms with Crippen molar-refractivity contribution in [2.24, 2.45) is 0 Å². The molecule has 1 aromatic rings. The van der Waals surface area contributed by atoms with Crippen LogP contribution < -0.4 is 5.32 Å². The van der Waals surface area contributed by atoms with Gasteiger partial charge in [-0.1, -0.05) is 29.8 Å². The van der Waals surface area contributed by atoms with E-state index in [2.05, 4.69) is 10.2 Å². The van der Waals surface area contributed by atoms with E-state index in [4.69, 9.17) is 0 Å². The van der Waals surface area contributed by atoms with Crippen LogP contribution >= 0.6 is 12.4 Å². The maximum atomic E-state index is 12.5. The van der Waals surface area contributed by atoms with Gasteiger partial charge < -0.3 is 5.32 Å². The number of nitrogens with zero attached hydrogens (tertiary/aromatic N) is 1. The van der Waals surface area contributed by atoms with E-state index in [0.29, 0.717) is 0 Å². The standard InChI is InChI=1S/C15H21F3N2.ClH/c1-12-3-2-4-13(11-12)14(5-6-15(16,17)18)20-9-7-19-8-10-20;/h2-4,11,14,19H,5-10H2,1H3;1H/t14-;/m0./s1. The molecule has 1 atom stereocenters. The Kier molecular flexibility index (Phi) is 6.97. The molecule has 0 aromatic heterocycles. The summed E-state index contributed by atoms with van der Waals surface area (Å²) in [7, 11) is 0. The summed E-state index contributed by atoms with van der Waals surface area (Å²) in [6.45, 7) is 5.26. The van der Waals surface area contributed by atoms with Gasteiger partial charge in [-0.15, -0.1) is 12.4 Å². The molecule has 6 heteroatoms. The molecule has 1 heterocycles. The highest BCUT2D eigenvalue weighted by Gasteiger charge is 2.31. The number of piperazine rings is 1. The van der Waals surface area contributed by atoms with Crippen LogP contribution in [0.2, 0.25) is 0 Å². The lowest BCUT2D eigenvalue weighted by molar-refractivity contribution is -0.138. The minimum Gasteiger partial charge on any atom is -0.314 e. The molecule has 2 rings (SSSR count). The average molecular weight is 323 g/mol. The van der Waals surface area contributed by atoms with Gasteiger partial charge in [-0.05, 0) is 18.9 Å². The van der Waals surface area contributed by atoms with Crippen molar-refractivity contribution in [1.29, 1.82) is 0 Å². The van der Waals surface area contributed by atoms with Crippen molar-refractivity contribution in [3.63, 3.8) is 0 Å². The number of nitrogens with one attached hydrogen (secondary N) is 1. The number of halogens is 4. The summed E-state index contributed by atoms with van der Waals surface area (Å²) in [5.41, 5.74) is 2.09. The number of hydrogen-bond acceptors (Lipinski definition) is 2. The minimum absolute atomic E-state index is 0. The number of rotatable bonds is 4. The first-order chi connectivity index (χ1) is 9.46. The topological polar surface area (TPSA) is 15.3 Å². The van der Waals surface area contributed by atoms with Crippen molar-refractivity contribution in [2.45, 2.75) is 32.0 Å². The van der Waals surface area contributed by atoms with E-state index in [1.807, 2.05) is 31.2 Å². The van der Waals surface area contributed by atoms with Crippen LogP contribution in [-0.2, 0) is 0 Å². The van der Waals surface area contributed by atoms with Gasteiger partial charge in [0.05, 0.1) is 0 Å². The fourth-order valence-electron chi connectivity index (χ4n) is 2.73. The largest absolute Gasteiger partial charge is 0.389 e. The Bertz CT molecular complexity index is 431. The predicted molar refractivity (Wildman–Crippen MR) is 80.9 cm³/mol. The number of benzene rings is 1. The van der Waals surface area contributed by atoms with Gasteiger partial charge in [0, 0.05) is 38.6 Å². The first-order valence-corrected chi connectivity index (χ1v) is 7.04. The van der Waals surface area contributed by atoms with E-state index in [1.54, 1.807) is 0 Å². The number of alkyl halides is 3. The minimum atomic E-state index is -4.09. The van der Waals surface area contributed by atoms with Crippen molar-refractivity contribution in [2.75, 3.05) is 26.2 Å².